The zero-order chi connectivity index (χ0) is 19.7. The molecule has 4 rings (SSSR count). The van der Waals surface area contributed by atoms with Crippen molar-refractivity contribution < 1.29 is 17.2 Å². The molecule has 3 aromatic rings. The zero-order valence-corrected chi connectivity index (χ0v) is 15.9. The van der Waals surface area contributed by atoms with E-state index in [4.69, 9.17) is 0 Å². The van der Waals surface area contributed by atoms with Crippen LogP contribution < -0.4 is 0 Å². The summed E-state index contributed by atoms with van der Waals surface area (Å²) in [6, 6.07) is 12.9. The summed E-state index contributed by atoms with van der Waals surface area (Å²) in [5, 5.41) is 1.05. The number of rotatable bonds is 4. The molecule has 0 amide bonds. The Balaban J connectivity index is 1.49. The summed E-state index contributed by atoms with van der Waals surface area (Å²) in [4.78, 5) is 5.69. The van der Waals surface area contributed by atoms with E-state index in [1.807, 2.05) is 30.3 Å². The van der Waals surface area contributed by atoms with Crippen LogP contribution in [-0.4, -0.2) is 48.8 Å². The molecule has 1 aliphatic heterocycles. The van der Waals surface area contributed by atoms with Gasteiger partial charge in [-0.25, -0.2) is 17.2 Å². The summed E-state index contributed by atoms with van der Waals surface area (Å²) >= 11 is 0. The fourth-order valence-corrected chi connectivity index (χ4v) is 5.05. The Kier molecular flexibility index (Phi) is 5.09. The molecule has 0 bridgehead atoms. The summed E-state index contributed by atoms with van der Waals surface area (Å²) < 4.78 is 54.4. The van der Waals surface area contributed by atoms with Crippen LogP contribution in [0.25, 0.3) is 10.9 Å². The summed E-state index contributed by atoms with van der Waals surface area (Å²) in [5.74, 6) is -2.13. The first-order valence-corrected chi connectivity index (χ1v) is 10.4. The van der Waals surface area contributed by atoms with Crippen molar-refractivity contribution in [3.05, 3.63) is 71.9 Å². The largest absolute Gasteiger partial charge is 0.296 e. The van der Waals surface area contributed by atoms with Gasteiger partial charge in [0.25, 0.3) is 0 Å². The smallest absolute Gasteiger partial charge is 0.249 e. The number of benzene rings is 2. The van der Waals surface area contributed by atoms with E-state index in [2.05, 4.69) is 9.88 Å². The van der Waals surface area contributed by atoms with Crippen LogP contribution in [-0.2, 0) is 16.6 Å². The van der Waals surface area contributed by atoms with Gasteiger partial charge in [0.2, 0.25) is 10.0 Å². The summed E-state index contributed by atoms with van der Waals surface area (Å²) in [6.45, 7) is 1.93. The molecule has 0 radical (unpaired) electrons. The van der Waals surface area contributed by atoms with Crippen molar-refractivity contribution in [2.45, 2.75) is 11.4 Å². The van der Waals surface area contributed by atoms with E-state index in [0.29, 0.717) is 19.6 Å². The van der Waals surface area contributed by atoms with Crippen LogP contribution in [0.5, 0.6) is 0 Å². The van der Waals surface area contributed by atoms with Gasteiger partial charge in [-0.05, 0) is 23.8 Å². The van der Waals surface area contributed by atoms with Gasteiger partial charge in [0, 0.05) is 44.3 Å². The molecule has 0 unspecified atom stereocenters. The van der Waals surface area contributed by atoms with Crippen LogP contribution in [0.3, 0.4) is 0 Å². The predicted octanol–water partition coefficient (Wildman–Crippen LogP) is 3.02. The standard InChI is InChI=1S/C20H19F2N3O2S/c21-17-7-2-8-18(22)20(17)28(26,27)25-12-10-24(11-13-25)14-16-5-1-4-15-6-3-9-23-19(15)16/h1-9H,10-14H2. The number of pyridine rings is 1. The number of nitrogens with zero attached hydrogens (tertiary/aromatic N) is 3. The van der Waals surface area contributed by atoms with Crippen molar-refractivity contribution in [2.24, 2.45) is 0 Å². The Morgan fingerprint density at radius 2 is 1.54 bits per heavy atom. The molecule has 1 saturated heterocycles. The average Bonchev–Trinajstić information content (AvgIpc) is 2.68. The second kappa shape index (κ2) is 7.54. The van der Waals surface area contributed by atoms with E-state index in [1.165, 1.54) is 0 Å². The quantitative estimate of drug-likeness (QED) is 0.672. The van der Waals surface area contributed by atoms with Gasteiger partial charge in [-0.2, -0.15) is 4.31 Å². The molecule has 0 aliphatic carbocycles. The number of fused-ring (bicyclic) bond motifs is 1. The van der Waals surface area contributed by atoms with Gasteiger partial charge >= 0.3 is 0 Å². The maximum Gasteiger partial charge on any atom is 0.249 e. The maximum absolute atomic E-state index is 14.0. The molecule has 146 valence electrons. The minimum absolute atomic E-state index is 0.175. The third-order valence-corrected chi connectivity index (χ3v) is 6.91. The molecule has 0 saturated carbocycles. The van der Waals surface area contributed by atoms with Crippen molar-refractivity contribution in [3.8, 4) is 0 Å². The Morgan fingerprint density at radius 3 is 2.25 bits per heavy atom. The fourth-order valence-electron chi connectivity index (χ4n) is 3.52. The molecule has 0 spiro atoms. The average molecular weight is 403 g/mol. The molecule has 1 aliphatic rings. The number of piperazine rings is 1. The van der Waals surface area contributed by atoms with Crippen molar-refractivity contribution in [1.82, 2.24) is 14.2 Å². The molecule has 5 nitrogen and oxygen atoms in total. The molecular formula is C20H19F2N3O2S. The fraction of sp³-hybridized carbons (Fsp3) is 0.250. The van der Waals surface area contributed by atoms with E-state index in [0.717, 1.165) is 39.0 Å². The van der Waals surface area contributed by atoms with Crippen LogP contribution in [0.1, 0.15) is 5.56 Å². The minimum atomic E-state index is -4.21. The third kappa shape index (κ3) is 3.50. The molecule has 2 heterocycles. The molecule has 1 aromatic heterocycles. The van der Waals surface area contributed by atoms with Crippen LogP contribution in [0.15, 0.2) is 59.6 Å². The number of hydrogen-bond acceptors (Lipinski definition) is 4. The van der Waals surface area contributed by atoms with E-state index < -0.39 is 26.6 Å². The van der Waals surface area contributed by atoms with Crippen molar-refractivity contribution in [3.63, 3.8) is 0 Å². The lowest BCUT2D eigenvalue weighted by Gasteiger charge is -2.34. The van der Waals surface area contributed by atoms with Gasteiger partial charge in [-0.1, -0.05) is 30.3 Å². The summed E-state index contributed by atoms with van der Waals surface area (Å²) in [5.41, 5.74) is 1.99. The van der Waals surface area contributed by atoms with E-state index in [-0.39, 0.29) is 13.1 Å². The second-order valence-corrected chi connectivity index (χ2v) is 8.60. The Bertz CT molecular complexity index is 1090. The first-order chi connectivity index (χ1) is 13.5. The van der Waals surface area contributed by atoms with Crippen LogP contribution in [0.2, 0.25) is 0 Å². The molecule has 1 fully saturated rings. The molecule has 28 heavy (non-hydrogen) atoms. The first-order valence-electron chi connectivity index (χ1n) is 8.96. The first kappa shape index (κ1) is 18.9. The lowest BCUT2D eigenvalue weighted by molar-refractivity contribution is 0.181. The highest BCUT2D eigenvalue weighted by Gasteiger charge is 2.33. The van der Waals surface area contributed by atoms with Gasteiger partial charge in [0.15, 0.2) is 4.90 Å². The number of aromatic nitrogens is 1. The molecule has 8 heteroatoms. The van der Waals surface area contributed by atoms with Gasteiger partial charge in [0.05, 0.1) is 5.52 Å². The van der Waals surface area contributed by atoms with E-state index in [9.17, 15) is 17.2 Å². The second-order valence-electron chi connectivity index (χ2n) is 6.72. The van der Waals surface area contributed by atoms with Crippen LogP contribution in [0.4, 0.5) is 8.78 Å². The highest BCUT2D eigenvalue weighted by molar-refractivity contribution is 7.89. The Morgan fingerprint density at radius 1 is 0.893 bits per heavy atom. The van der Waals surface area contributed by atoms with Crippen LogP contribution in [0, 0.1) is 11.6 Å². The highest BCUT2D eigenvalue weighted by atomic mass is 32.2. The predicted molar refractivity (Wildman–Crippen MR) is 102 cm³/mol. The molecule has 0 atom stereocenters. The molecule has 2 aromatic carbocycles. The Hall–Kier alpha value is -2.42. The van der Waals surface area contributed by atoms with Gasteiger partial charge in [-0.3, -0.25) is 9.88 Å². The normalized spacial score (nSPS) is 16.5. The zero-order valence-electron chi connectivity index (χ0n) is 15.1. The molecular weight excluding hydrogens is 384 g/mol. The minimum Gasteiger partial charge on any atom is -0.296 e. The van der Waals surface area contributed by atoms with Crippen LogP contribution >= 0.6 is 0 Å². The lowest BCUT2D eigenvalue weighted by Crippen LogP contribution is -2.48. The number of sulfonamides is 1. The maximum atomic E-state index is 14.0. The van der Waals surface area contributed by atoms with E-state index in [1.54, 1.807) is 6.20 Å². The lowest BCUT2D eigenvalue weighted by atomic mass is 10.1. The number of hydrogen-bond donors (Lipinski definition) is 0. The summed E-state index contributed by atoms with van der Waals surface area (Å²) in [7, 11) is -4.21. The van der Waals surface area contributed by atoms with Crippen molar-refractivity contribution in [1.29, 1.82) is 0 Å². The molecule has 0 N–H and O–H groups in total. The van der Waals surface area contributed by atoms with Gasteiger partial charge in [-0.15, -0.1) is 0 Å². The number of para-hydroxylation sites is 1. The topological polar surface area (TPSA) is 53.5 Å². The third-order valence-electron chi connectivity index (χ3n) is 4.96. The highest BCUT2D eigenvalue weighted by Crippen LogP contribution is 2.24. The van der Waals surface area contributed by atoms with Gasteiger partial charge in [0.1, 0.15) is 11.6 Å². The summed E-state index contributed by atoms with van der Waals surface area (Å²) in [6.07, 6.45) is 1.75. The monoisotopic (exact) mass is 403 g/mol. The Labute approximate surface area is 162 Å². The number of halogens is 2. The van der Waals surface area contributed by atoms with Crippen molar-refractivity contribution >= 4 is 20.9 Å². The SMILES string of the molecule is O=S(=O)(c1c(F)cccc1F)N1CCN(Cc2cccc3cccnc23)CC1. The van der Waals surface area contributed by atoms with E-state index >= 15 is 0 Å². The van der Waals surface area contributed by atoms with Crippen molar-refractivity contribution in [2.75, 3.05) is 26.2 Å². The van der Waals surface area contributed by atoms with Gasteiger partial charge < -0.3 is 0 Å².